The van der Waals surface area contributed by atoms with Crippen molar-refractivity contribution in [2.24, 2.45) is 5.92 Å². The molecule has 1 saturated heterocycles. The summed E-state index contributed by atoms with van der Waals surface area (Å²) >= 11 is 1.94. The van der Waals surface area contributed by atoms with Crippen molar-refractivity contribution in [3.8, 4) is 0 Å². The van der Waals surface area contributed by atoms with Gasteiger partial charge in [-0.05, 0) is 37.2 Å². The molecule has 2 aromatic heterocycles. The molecule has 5 heteroatoms. The minimum Gasteiger partial charge on any atom is -0.353 e. The highest BCUT2D eigenvalue weighted by Crippen LogP contribution is 2.41. The highest BCUT2D eigenvalue weighted by molar-refractivity contribution is 7.19. The summed E-state index contributed by atoms with van der Waals surface area (Å²) in [5, 5.41) is 4.84. The van der Waals surface area contributed by atoms with Crippen LogP contribution in [-0.2, 0) is 19.3 Å². The number of nitrogens with zero attached hydrogens (tertiary/aromatic N) is 3. The van der Waals surface area contributed by atoms with Crippen LogP contribution in [0.3, 0.4) is 0 Å². The molecular weight excluding hydrogens is 316 g/mol. The monoisotopic (exact) mass is 344 g/mol. The van der Waals surface area contributed by atoms with Crippen LogP contribution in [0, 0.1) is 5.92 Å². The fraction of sp³-hybridized carbons (Fsp3) is 0.684. The van der Waals surface area contributed by atoms with E-state index in [1.807, 2.05) is 11.3 Å². The van der Waals surface area contributed by atoms with Crippen LogP contribution < -0.4 is 10.2 Å². The zero-order valence-electron chi connectivity index (χ0n) is 14.9. The highest BCUT2D eigenvalue weighted by Gasteiger charge is 2.26. The third-order valence-corrected chi connectivity index (χ3v) is 6.50. The van der Waals surface area contributed by atoms with E-state index in [-0.39, 0.29) is 0 Å². The van der Waals surface area contributed by atoms with E-state index in [1.165, 1.54) is 48.1 Å². The van der Waals surface area contributed by atoms with Crippen molar-refractivity contribution in [2.45, 2.75) is 52.4 Å². The summed E-state index contributed by atoms with van der Waals surface area (Å²) in [4.78, 5) is 15.3. The normalized spacial score (nSPS) is 21.2. The third kappa shape index (κ3) is 3.04. The van der Waals surface area contributed by atoms with Gasteiger partial charge in [0.1, 0.15) is 16.5 Å². The van der Waals surface area contributed by atoms with Crippen molar-refractivity contribution < 1.29 is 0 Å². The van der Waals surface area contributed by atoms with Gasteiger partial charge in [-0.25, -0.2) is 9.97 Å². The fourth-order valence-corrected chi connectivity index (χ4v) is 5.31. The second kappa shape index (κ2) is 6.96. The Kier molecular flexibility index (Phi) is 4.72. The van der Waals surface area contributed by atoms with Gasteiger partial charge in [0.15, 0.2) is 0 Å². The van der Waals surface area contributed by atoms with Crippen molar-refractivity contribution in [3.63, 3.8) is 0 Å². The molecule has 1 N–H and O–H groups in total. The molecule has 0 amide bonds. The van der Waals surface area contributed by atoms with Gasteiger partial charge < -0.3 is 10.2 Å². The summed E-state index contributed by atoms with van der Waals surface area (Å²) in [6.45, 7) is 8.84. The maximum atomic E-state index is 5.06. The molecule has 0 radical (unpaired) electrons. The lowest BCUT2D eigenvalue weighted by molar-refractivity contribution is 0.509. The molecule has 1 aliphatic carbocycles. The van der Waals surface area contributed by atoms with Gasteiger partial charge in [0, 0.05) is 37.5 Å². The summed E-state index contributed by atoms with van der Waals surface area (Å²) in [6, 6.07) is 0. The number of hydrogen-bond acceptors (Lipinski definition) is 5. The van der Waals surface area contributed by atoms with E-state index in [9.17, 15) is 0 Å². The predicted octanol–water partition coefficient (Wildman–Crippen LogP) is 3.57. The molecular formula is C19H28N4S. The molecule has 2 aliphatic rings. The van der Waals surface area contributed by atoms with E-state index in [0.29, 0.717) is 0 Å². The Balaban J connectivity index is 1.82. The van der Waals surface area contributed by atoms with E-state index in [1.54, 1.807) is 10.4 Å². The largest absolute Gasteiger partial charge is 0.353 e. The predicted molar refractivity (Wildman–Crippen MR) is 102 cm³/mol. The summed E-state index contributed by atoms with van der Waals surface area (Å²) in [5.41, 5.74) is 1.56. The van der Waals surface area contributed by atoms with Gasteiger partial charge in [0.2, 0.25) is 0 Å². The van der Waals surface area contributed by atoms with Crippen molar-refractivity contribution in [3.05, 3.63) is 16.3 Å². The van der Waals surface area contributed by atoms with Gasteiger partial charge in [0.25, 0.3) is 0 Å². The molecule has 1 atom stereocenters. The van der Waals surface area contributed by atoms with Gasteiger partial charge in [-0.2, -0.15) is 0 Å². The minimum atomic E-state index is 0.806. The summed E-state index contributed by atoms with van der Waals surface area (Å²) in [7, 11) is 0. The number of hydrogen-bond donors (Lipinski definition) is 1. The second-order valence-corrected chi connectivity index (χ2v) is 8.42. The number of rotatable bonds is 4. The average Bonchev–Trinajstić information content (AvgIpc) is 2.97. The van der Waals surface area contributed by atoms with Gasteiger partial charge in [-0.15, -0.1) is 11.3 Å². The van der Waals surface area contributed by atoms with Crippen LogP contribution in [0.2, 0.25) is 0 Å². The van der Waals surface area contributed by atoms with Crippen LogP contribution in [0.5, 0.6) is 0 Å². The Hall–Kier alpha value is -1.20. The zero-order chi connectivity index (χ0) is 16.5. The Labute approximate surface area is 148 Å². The molecule has 0 saturated carbocycles. The van der Waals surface area contributed by atoms with Gasteiger partial charge >= 0.3 is 0 Å². The molecule has 1 fully saturated rings. The maximum Gasteiger partial charge on any atom is 0.141 e. The van der Waals surface area contributed by atoms with Crippen LogP contribution in [0.1, 0.15) is 49.4 Å². The summed E-state index contributed by atoms with van der Waals surface area (Å²) < 4.78 is 0. The quantitative estimate of drug-likeness (QED) is 0.921. The lowest BCUT2D eigenvalue weighted by Gasteiger charge is -2.29. The highest BCUT2D eigenvalue weighted by atomic mass is 32.1. The molecule has 4 rings (SSSR count). The number of unbranched alkanes of at least 4 members (excludes halogenated alkanes) is 1. The lowest BCUT2D eigenvalue weighted by atomic mass is 9.89. The lowest BCUT2D eigenvalue weighted by Crippen LogP contribution is -2.44. The summed E-state index contributed by atoms with van der Waals surface area (Å²) in [5.74, 6) is 3.07. The van der Waals surface area contributed by atoms with Crippen molar-refractivity contribution in [1.29, 1.82) is 0 Å². The van der Waals surface area contributed by atoms with Crippen molar-refractivity contribution in [2.75, 3.05) is 31.1 Å². The molecule has 0 bridgehead atoms. The Morgan fingerprint density at radius 2 is 2.08 bits per heavy atom. The molecule has 0 aromatic carbocycles. The molecule has 24 heavy (non-hydrogen) atoms. The number of piperazine rings is 1. The first-order chi connectivity index (χ1) is 11.8. The number of nitrogens with one attached hydrogen (secondary N) is 1. The first-order valence-corrected chi connectivity index (χ1v) is 10.3. The standard InChI is InChI=1S/C19H28N4S/c1-3-4-5-16-21-18(23-10-8-20-9-11-23)17-14-7-6-13(2)12-15(14)24-19(17)22-16/h13,20H,3-12H2,1-2H3. The van der Waals surface area contributed by atoms with E-state index < -0.39 is 0 Å². The zero-order valence-corrected chi connectivity index (χ0v) is 15.7. The molecule has 130 valence electrons. The Bertz CT molecular complexity index is 718. The van der Waals surface area contributed by atoms with E-state index in [0.717, 1.165) is 44.3 Å². The van der Waals surface area contributed by atoms with E-state index >= 15 is 0 Å². The fourth-order valence-electron chi connectivity index (χ4n) is 3.92. The van der Waals surface area contributed by atoms with Crippen LogP contribution in [0.4, 0.5) is 5.82 Å². The van der Waals surface area contributed by atoms with E-state index in [2.05, 4.69) is 24.1 Å². The molecule has 1 unspecified atom stereocenters. The van der Waals surface area contributed by atoms with Crippen molar-refractivity contribution >= 4 is 27.4 Å². The number of aromatic nitrogens is 2. The topological polar surface area (TPSA) is 41.1 Å². The number of anilines is 1. The SMILES string of the molecule is CCCCc1nc(N2CCNCC2)c2c3c(sc2n1)CC(C)CC3. The van der Waals surface area contributed by atoms with Crippen LogP contribution in [0.25, 0.3) is 10.2 Å². The van der Waals surface area contributed by atoms with Crippen LogP contribution in [0.15, 0.2) is 0 Å². The van der Waals surface area contributed by atoms with Gasteiger partial charge in [-0.1, -0.05) is 20.3 Å². The number of aryl methyl sites for hydroxylation is 2. The first-order valence-electron chi connectivity index (χ1n) is 9.53. The third-order valence-electron chi connectivity index (χ3n) is 5.35. The van der Waals surface area contributed by atoms with Crippen LogP contribution >= 0.6 is 11.3 Å². The molecule has 3 heterocycles. The van der Waals surface area contributed by atoms with Crippen molar-refractivity contribution in [1.82, 2.24) is 15.3 Å². The number of fused-ring (bicyclic) bond motifs is 3. The second-order valence-electron chi connectivity index (χ2n) is 7.34. The van der Waals surface area contributed by atoms with Crippen LogP contribution in [-0.4, -0.2) is 36.1 Å². The Morgan fingerprint density at radius 3 is 2.88 bits per heavy atom. The maximum absolute atomic E-state index is 5.06. The summed E-state index contributed by atoms with van der Waals surface area (Å²) in [6.07, 6.45) is 7.11. The van der Waals surface area contributed by atoms with Gasteiger partial charge in [0.05, 0.1) is 5.39 Å². The Morgan fingerprint density at radius 1 is 1.25 bits per heavy atom. The molecule has 0 spiro atoms. The number of thiophene rings is 1. The molecule has 2 aromatic rings. The van der Waals surface area contributed by atoms with E-state index in [4.69, 9.17) is 9.97 Å². The smallest absolute Gasteiger partial charge is 0.141 e. The molecule has 4 nitrogen and oxygen atoms in total. The first kappa shape index (κ1) is 16.3. The minimum absolute atomic E-state index is 0.806. The van der Waals surface area contributed by atoms with Gasteiger partial charge in [-0.3, -0.25) is 0 Å². The molecule has 1 aliphatic heterocycles. The average molecular weight is 345 g/mol.